The third-order valence-corrected chi connectivity index (χ3v) is 5.81. The molecule has 0 aromatic rings. The predicted molar refractivity (Wildman–Crippen MR) is 138 cm³/mol. The fourth-order valence-corrected chi connectivity index (χ4v) is 3.95. The second-order valence-corrected chi connectivity index (χ2v) is 9.30. The summed E-state index contributed by atoms with van der Waals surface area (Å²) < 4.78 is 27.4. The lowest BCUT2D eigenvalue weighted by Crippen LogP contribution is -2.66. The summed E-state index contributed by atoms with van der Waals surface area (Å²) in [5, 5.41) is 8.30. The Hall–Kier alpha value is -2.78. The third-order valence-electron chi connectivity index (χ3n) is 5.30. The summed E-state index contributed by atoms with van der Waals surface area (Å²) >= 11 is 3.07. The van der Waals surface area contributed by atoms with Crippen LogP contribution in [0, 0.1) is 0 Å². The second kappa shape index (κ2) is 18.5. The summed E-state index contributed by atoms with van der Waals surface area (Å²) in [7, 11) is 0. The van der Waals surface area contributed by atoms with Crippen LogP contribution in [0.2, 0.25) is 0 Å². The number of hydrogen-bond donors (Lipinski definition) is 3. The molecule has 0 radical (unpaired) electrons. The molecule has 3 N–H and O–H groups in total. The van der Waals surface area contributed by atoms with Crippen LogP contribution in [0.4, 0.5) is 0 Å². The Morgan fingerprint density at radius 3 is 2.03 bits per heavy atom. The van der Waals surface area contributed by atoms with Gasteiger partial charge in [-0.1, -0.05) is 22.4 Å². The molecule has 3 amide bonds. The van der Waals surface area contributed by atoms with Gasteiger partial charge in [0.2, 0.25) is 17.7 Å². The Morgan fingerprint density at radius 2 is 1.44 bits per heavy atom. The lowest BCUT2D eigenvalue weighted by molar-refractivity contribution is -0.277. The number of rotatable bonds is 16. The van der Waals surface area contributed by atoms with E-state index >= 15 is 0 Å². The van der Waals surface area contributed by atoms with Gasteiger partial charge in [0.05, 0.1) is 11.9 Å². The van der Waals surface area contributed by atoms with Gasteiger partial charge in [0, 0.05) is 47.2 Å². The van der Waals surface area contributed by atoms with Crippen molar-refractivity contribution in [3.05, 3.63) is 0 Å². The van der Waals surface area contributed by atoms with E-state index in [1.54, 1.807) is 0 Å². The normalized spacial score (nSPS) is 22.2. The maximum Gasteiger partial charge on any atom is 0.303 e. The van der Waals surface area contributed by atoms with E-state index < -0.39 is 54.5 Å². The molecule has 1 fully saturated rings. The van der Waals surface area contributed by atoms with Crippen molar-refractivity contribution in [3.63, 3.8) is 0 Å². The van der Waals surface area contributed by atoms with Gasteiger partial charge in [0.1, 0.15) is 18.8 Å². The fraction of sp³-hybridized carbons (Fsp3) is 0.750. The first-order valence-corrected chi connectivity index (χ1v) is 13.7. The Kier molecular flexibility index (Phi) is 16.2. The van der Waals surface area contributed by atoms with Crippen LogP contribution in [0.3, 0.4) is 0 Å². The van der Waals surface area contributed by atoms with Crippen LogP contribution in [0.25, 0.3) is 0 Å². The molecule has 0 aromatic carbocycles. The minimum absolute atomic E-state index is 0.0314. The van der Waals surface area contributed by atoms with Gasteiger partial charge in [0.25, 0.3) is 0 Å². The summed E-state index contributed by atoms with van der Waals surface area (Å²) in [5.74, 6) is -2.80. The molecular weight excluding hydrogens is 586 g/mol. The van der Waals surface area contributed by atoms with Gasteiger partial charge < -0.3 is 39.6 Å². The molecule has 0 bridgehead atoms. The average Bonchev–Trinajstić information content (AvgIpc) is 2.84. The molecule has 39 heavy (non-hydrogen) atoms. The largest absolute Gasteiger partial charge is 0.463 e. The van der Waals surface area contributed by atoms with Gasteiger partial charge in [-0.25, -0.2) is 0 Å². The SMILES string of the molecule is CC(=O)N[C@H]1[C@@H](OCCNC(=O)CCCCCNC(=O)CBr)O[C@H](COC(C)=O)[C@H](OC(C)=O)[C@@H]1OC(C)=O. The molecule has 5 atom stereocenters. The van der Waals surface area contributed by atoms with Crippen molar-refractivity contribution in [2.75, 3.05) is 31.6 Å². The number of carbonyl (C=O) groups is 6. The molecule has 1 heterocycles. The molecule has 1 rings (SSSR count). The molecule has 1 saturated heterocycles. The Balaban J connectivity index is 2.76. The van der Waals surface area contributed by atoms with Crippen LogP contribution >= 0.6 is 15.9 Å². The van der Waals surface area contributed by atoms with E-state index in [1.165, 1.54) is 13.8 Å². The van der Waals surface area contributed by atoms with E-state index in [-0.39, 0.29) is 36.9 Å². The lowest BCUT2D eigenvalue weighted by Gasteiger charge is -2.44. The van der Waals surface area contributed by atoms with E-state index in [4.69, 9.17) is 23.7 Å². The van der Waals surface area contributed by atoms with Crippen molar-refractivity contribution in [2.24, 2.45) is 0 Å². The monoisotopic (exact) mass is 623 g/mol. The lowest BCUT2D eigenvalue weighted by atomic mass is 9.96. The van der Waals surface area contributed by atoms with E-state index in [9.17, 15) is 28.8 Å². The topological polar surface area (TPSA) is 185 Å². The van der Waals surface area contributed by atoms with Gasteiger partial charge in [-0.15, -0.1) is 0 Å². The maximum atomic E-state index is 12.1. The Bertz CT molecular complexity index is 857. The van der Waals surface area contributed by atoms with Crippen molar-refractivity contribution in [3.8, 4) is 0 Å². The number of nitrogens with one attached hydrogen (secondary N) is 3. The zero-order valence-corrected chi connectivity index (χ0v) is 24.2. The molecule has 0 unspecified atom stereocenters. The molecular formula is C24H38BrN3O11. The minimum Gasteiger partial charge on any atom is -0.463 e. The minimum atomic E-state index is -1.22. The van der Waals surface area contributed by atoms with E-state index in [2.05, 4.69) is 31.9 Å². The van der Waals surface area contributed by atoms with Crippen LogP contribution < -0.4 is 16.0 Å². The molecule has 222 valence electrons. The van der Waals surface area contributed by atoms with Crippen molar-refractivity contribution in [2.45, 2.75) is 84.0 Å². The highest BCUT2D eigenvalue weighted by Gasteiger charge is 2.51. The zero-order valence-electron chi connectivity index (χ0n) is 22.6. The van der Waals surface area contributed by atoms with Crippen molar-refractivity contribution in [1.29, 1.82) is 0 Å². The third kappa shape index (κ3) is 14.3. The van der Waals surface area contributed by atoms with E-state index in [1.807, 2.05) is 0 Å². The highest BCUT2D eigenvalue weighted by Crippen LogP contribution is 2.28. The van der Waals surface area contributed by atoms with E-state index in [0.717, 1.165) is 26.7 Å². The predicted octanol–water partition coefficient (Wildman–Crippen LogP) is -0.153. The highest BCUT2D eigenvalue weighted by molar-refractivity contribution is 9.09. The zero-order chi connectivity index (χ0) is 29.4. The first-order chi connectivity index (χ1) is 18.4. The first kappa shape index (κ1) is 34.2. The van der Waals surface area contributed by atoms with E-state index in [0.29, 0.717) is 19.4 Å². The van der Waals surface area contributed by atoms with Crippen molar-refractivity contribution in [1.82, 2.24) is 16.0 Å². The molecule has 0 aliphatic carbocycles. The number of unbranched alkanes of at least 4 members (excludes halogenated alkanes) is 2. The Morgan fingerprint density at radius 1 is 0.795 bits per heavy atom. The van der Waals surface area contributed by atoms with Gasteiger partial charge >= 0.3 is 17.9 Å². The molecule has 1 aliphatic heterocycles. The van der Waals surface area contributed by atoms with Crippen LogP contribution in [0.5, 0.6) is 0 Å². The summed E-state index contributed by atoms with van der Waals surface area (Å²) in [6.07, 6.45) is -2.24. The van der Waals surface area contributed by atoms with Gasteiger partial charge in [-0.2, -0.15) is 0 Å². The van der Waals surface area contributed by atoms with Crippen molar-refractivity contribution >= 4 is 51.6 Å². The number of halogens is 1. The quantitative estimate of drug-likeness (QED) is 0.0898. The maximum absolute atomic E-state index is 12.1. The van der Waals surface area contributed by atoms with Gasteiger partial charge in [-0.3, -0.25) is 28.8 Å². The number of hydrogen-bond acceptors (Lipinski definition) is 11. The number of alkyl halides is 1. The summed E-state index contributed by atoms with van der Waals surface area (Å²) in [4.78, 5) is 70.2. The van der Waals surface area contributed by atoms with Crippen LogP contribution in [0.1, 0.15) is 53.4 Å². The number of carbonyl (C=O) groups excluding carboxylic acids is 6. The average molecular weight is 624 g/mol. The Labute approximate surface area is 235 Å². The molecule has 14 nitrogen and oxygen atoms in total. The molecule has 0 saturated carbocycles. The van der Waals surface area contributed by atoms with Crippen LogP contribution in [-0.2, 0) is 52.5 Å². The molecule has 0 aromatic heterocycles. The first-order valence-electron chi connectivity index (χ1n) is 12.6. The highest BCUT2D eigenvalue weighted by atomic mass is 79.9. The summed E-state index contributed by atoms with van der Waals surface area (Å²) in [5.41, 5.74) is 0. The van der Waals surface area contributed by atoms with Crippen LogP contribution in [-0.4, -0.2) is 97.9 Å². The summed E-state index contributed by atoms with van der Waals surface area (Å²) in [6, 6.07) is -1.08. The number of esters is 3. The number of amides is 3. The fourth-order valence-electron chi connectivity index (χ4n) is 3.75. The second-order valence-electron chi connectivity index (χ2n) is 8.73. The molecule has 1 aliphatic rings. The molecule has 0 spiro atoms. The summed E-state index contributed by atoms with van der Waals surface area (Å²) in [6.45, 7) is 5.02. The van der Waals surface area contributed by atoms with Gasteiger partial charge in [-0.05, 0) is 12.8 Å². The van der Waals surface area contributed by atoms with Gasteiger partial charge in [0.15, 0.2) is 18.5 Å². The smallest absolute Gasteiger partial charge is 0.303 e. The van der Waals surface area contributed by atoms with Crippen molar-refractivity contribution < 1.29 is 52.5 Å². The molecule has 15 heteroatoms. The van der Waals surface area contributed by atoms with Crippen LogP contribution in [0.15, 0.2) is 0 Å². The number of ether oxygens (including phenoxy) is 5. The standard InChI is InChI=1S/C24H38BrN3O11/c1-14(29)28-21-23(38-17(4)32)22(37-16(3)31)18(13-36-15(2)30)39-24(21)35-11-10-27-19(33)8-6-5-7-9-26-20(34)12-25/h18,21-24H,5-13H2,1-4H3,(H,26,34)(H,27,33)(H,28,29)/t18-,21-,22+,23-,24+/m1/s1.